The summed E-state index contributed by atoms with van der Waals surface area (Å²) in [5.74, 6) is -2.88. The van der Waals surface area contributed by atoms with Gasteiger partial charge >= 0.3 is 5.97 Å². The van der Waals surface area contributed by atoms with Gasteiger partial charge in [0.15, 0.2) is 6.10 Å². The third kappa shape index (κ3) is 4.27. The Morgan fingerprint density at radius 3 is 2.21 bits per heavy atom. The second kappa shape index (κ2) is 8.30. The fourth-order valence-electron chi connectivity index (χ4n) is 2.66. The number of benzene rings is 3. The van der Waals surface area contributed by atoms with E-state index in [1.807, 2.05) is 0 Å². The summed E-state index contributed by atoms with van der Waals surface area (Å²) in [7, 11) is 0. The highest BCUT2D eigenvalue weighted by atomic mass is 16.5. The second-order valence-electron chi connectivity index (χ2n) is 6.19. The summed E-state index contributed by atoms with van der Waals surface area (Å²) in [6.07, 6.45) is -1.27. The normalized spacial score (nSPS) is 11.5. The number of esters is 1. The van der Waals surface area contributed by atoms with E-state index in [0.29, 0.717) is 10.9 Å². The largest absolute Gasteiger partial charge is 0.507 e. The van der Waals surface area contributed by atoms with Crippen molar-refractivity contribution < 1.29 is 29.3 Å². The van der Waals surface area contributed by atoms with E-state index in [9.17, 15) is 24.6 Å². The first kappa shape index (κ1) is 19.7. The first-order valence-electron chi connectivity index (χ1n) is 8.68. The van der Waals surface area contributed by atoms with Crippen LogP contribution in [0.2, 0.25) is 0 Å². The van der Waals surface area contributed by atoms with Crippen molar-refractivity contribution in [2.45, 2.75) is 13.0 Å². The number of phenols is 2. The van der Waals surface area contributed by atoms with Crippen molar-refractivity contribution in [3.63, 3.8) is 0 Å². The van der Waals surface area contributed by atoms with Gasteiger partial charge in [0.25, 0.3) is 11.8 Å². The lowest BCUT2D eigenvalue weighted by molar-refractivity contribution is -0.129. The van der Waals surface area contributed by atoms with Crippen LogP contribution in [-0.2, 0) is 9.53 Å². The zero-order valence-corrected chi connectivity index (χ0v) is 15.4. The molecule has 0 saturated heterocycles. The number of aromatic hydroxyl groups is 2. The van der Waals surface area contributed by atoms with Crippen LogP contribution in [0.15, 0.2) is 60.7 Å². The van der Waals surface area contributed by atoms with Gasteiger partial charge in [0.2, 0.25) is 0 Å². The first-order valence-corrected chi connectivity index (χ1v) is 8.68. The lowest BCUT2D eigenvalue weighted by Crippen LogP contribution is -2.46. The third-order valence-electron chi connectivity index (χ3n) is 4.20. The van der Waals surface area contributed by atoms with Crippen LogP contribution in [-0.4, -0.2) is 34.1 Å². The Morgan fingerprint density at radius 1 is 0.897 bits per heavy atom. The van der Waals surface area contributed by atoms with E-state index < -0.39 is 23.9 Å². The number of hydrogen-bond donors (Lipinski definition) is 4. The van der Waals surface area contributed by atoms with Crippen LogP contribution >= 0.6 is 0 Å². The Balaban J connectivity index is 1.66. The molecule has 0 heterocycles. The number of hydrogen-bond acceptors (Lipinski definition) is 6. The van der Waals surface area contributed by atoms with Gasteiger partial charge < -0.3 is 14.9 Å². The molecule has 4 N–H and O–H groups in total. The standard InChI is InChI=1S/C21H18N2O6/c1-12(19(26)22-23-20(27)13-7-3-2-4-8-13)29-21(28)16-11-17(24)14-9-5-6-10-15(14)18(16)25/h2-12,24-25H,1H3,(H,22,26)(H,23,27)/t12-/m1/s1. The van der Waals surface area contributed by atoms with Gasteiger partial charge in [0.1, 0.15) is 17.1 Å². The van der Waals surface area contributed by atoms with Crippen LogP contribution in [0.4, 0.5) is 0 Å². The van der Waals surface area contributed by atoms with E-state index in [1.54, 1.807) is 48.5 Å². The van der Waals surface area contributed by atoms with Crippen molar-refractivity contribution in [1.29, 1.82) is 0 Å². The maximum Gasteiger partial charge on any atom is 0.342 e. The number of nitrogens with one attached hydrogen (secondary N) is 2. The van der Waals surface area contributed by atoms with Gasteiger partial charge in [0, 0.05) is 16.3 Å². The van der Waals surface area contributed by atoms with Crippen molar-refractivity contribution in [1.82, 2.24) is 10.9 Å². The van der Waals surface area contributed by atoms with Gasteiger partial charge in [-0.15, -0.1) is 0 Å². The number of rotatable bonds is 4. The molecule has 8 heteroatoms. The minimum atomic E-state index is -1.27. The van der Waals surface area contributed by atoms with Gasteiger partial charge in [-0.3, -0.25) is 20.4 Å². The SMILES string of the molecule is C[C@@H](OC(=O)c1cc(O)c2ccccc2c1O)C(=O)NNC(=O)c1ccccc1. The van der Waals surface area contributed by atoms with E-state index in [4.69, 9.17) is 4.74 Å². The molecule has 29 heavy (non-hydrogen) atoms. The molecular weight excluding hydrogens is 376 g/mol. The van der Waals surface area contributed by atoms with Gasteiger partial charge in [0.05, 0.1) is 0 Å². The predicted octanol–water partition coefficient (Wildman–Crippen LogP) is 2.26. The molecule has 0 aliphatic heterocycles. The molecule has 0 spiro atoms. The van der Waals surface area contributed by atoms with Crippen molar-refractivity contribution >= 4 is 28.6 Å². The molecule has 0 aromatic heterocycles. The summed E-state index contributed by atoms with van der Waals surface area (Å²) >= 11 is 0. The number of carbonyl (C=O) groups is 3. The average Bonchev–Trinajstić information content (AvgIpc) is 2.74. The van der Waals surface area contributed by atoms with Crippen molar-refractivity contribution in [2.75, 3.05) is 0 Å². The van der Waals surface area contributed by atoms with Crippen LogP contribution in [0, 0.1) is 0 Å². The van der Waals surface area contributed by atoms with Crippen LogP contribution in [0.5, 0.6) is 11.5 Å². The van der Waals surface area contributed by atoms with Crippen LogP contribution in [0.25, 0.3) is 10.8 Å². The van der Waals surface area contributed by atoms with E-state index in [0.717, 1.165) is 6.07 Å². The Bertz CT molecular complexity index is 1080. The number of ether oxygens (including phenoxy) is 1. The zero-order valence-electron chi connectivity index (χ0n) is 15.4. The molecular formula is C21H18N2O6. The predicted molar refractivity (Wildman–Crippen MR) is 104 cm³/mol. The summed E-state index contributed by atoms with van der Waals surface area (Å²) in [4.78, 5) is 36.4. The highest BCUT2D eigenvalue weighted by Gasteiger charge is 2.23. The molecule has 148 valence electrons. The van der Waals surface area contributed by atoms with Crippen molar-refractivity contribution in [3.05, 3.63) is 71.8 Å². The number of fused-ring (bicyclic) bond motifs is 1. The summed E-state index contributed by atoms with van der Waals surface area (Å²) < 4.78 is 5.05. The molecule has 0 fully saturated rings. The second-order valence-corrected chi connectivity index (χ2v) is 6.19. The molecule has 3 rings (SSSR count). The maximum absolute atomic E-state index is 12.4. The average molecular weight is 394 g/mol. The Kier molecular flexibility index (Phi) is 5.64. The van der Waals surface area contributed by atoms with Gasteiger partial charge in [-0.05, 0) is 25.1 Å². The maximum atomic E-state index is 12.4. The zero-order chi connectivity index (χ0) is 21.0. The molecule has 0 bridgehead atoms. The van der Waals surface area contributed by atoms with Crippen LogP contribution in [0.1, 0.15) is 27.6 Å². The number of amides is 2. The van der Waals surface area contributed by atoms with Crippen LogP contribution < -0.4 is 10.9 Å². The Labute approximate surface area is 165 Å². The number of hydrazine groups is 1. The molecule has 0 unspecified atom stereocenters. The fourth-order valence-corrected chi connectivity index (χ4v) is 2.66. The molecule has 3 aromatic carbocycles. The summed E-state index contributed by atoms with van der Waals surface area (Å²) in [6.45, 7) is 1.31. The van der Waals surface area contributed by atoms with Crippen LogP contribution in [0.3, 0.4) is 0 Å². The van der Waals surface area contributed by atoms with E-state index in [-0.39, 0.29) is 22.4 Å². The fraction of sp³-hybridized carbons (Fsp3) is 0.0952. The molecule has 0 saturated carbocycles. The van der Waals surface area contributed by atoms with E-state index in [1.165, 1.54) is 13.0 Å². The molecule has 3 aromatic rings. The highest BCUT2D eigenvalue weighted by Crippen LogP contribution is 2.35. The summed E-state index contributed by atoms with van der Waals surface area (Å²) in [5, 5.41) is 21.0. The van der Waals surface area contributed by atoms with E-state index in [2.05, 4.69) is 10.9 Å². The molecule has 1 atom stereocenters. The quantitative estimate of drug-likeness (QED) is 0.306. The van der Waals surface area contributed by atoms with E-state index >= 15 is 0 Å². The molecule has 8 nitrogen and oxygen atoms in total. The smallest absolute Gasteiger partial charge is 0.342 e. The number of carbonyl (C=O) groups excluding carboxylic acids is 3. The monoisotopic (exact) mass is 394 g/mol. The summed E-state index contributed by atoms with van der Waals surface area (Å²) in [6, 6.07) is 15.7. The third-order valence-corrected chi connectivity index (χ3v) is 4.20. The first-order chi connectivity index (χ1) is 13.9. The Hall–Kier alpha value is -4.07. The Morgan fingerprint density at radius 2 is 1.52 bits per heavy atom. The number of phenolic OH excluding ortho intramolecular Hbond substituents is 2. The minimum absolute atomic E-state index is 0.211. The molecule has 2 amide bonds. The minimum Gasteiger partial charge on any atom is -0.507 e. The van der Waals surface area contributed by atoms with Gasteiger partial charge in [-0.2, -0.15) is 0 Å². The summed E-state index contributed by atoms with van der Waals surface area (Å²) in [5.41, 5.74) is 4.44. The lowest BCUT2D eigenvalue weighted by atomic mass is 10.0. The highest BCUT2D eigenvalue weighted by molar-refractivity contribution is 6.04. The van der Waals surface area contributed by atoms with Crippen molar-refractivity contribution in [3.8, 4) is 11.5 Å². The van der Waals surface area contributed by atoms with Crippen molar-refractivity contribution in [2.24, 2.45) is 0 Å². The molecule has 0 aliphatic carbocycles. The molecule has 0 aliphatic rings. The molecule has 0 radical (unpaired) electrons. The topological polar surface area (TPSA) is 125 Å². The van der Waals surface area contributed by atoms with Gasteiger partial charge in [-0.25, -0.2) is 4.79 Å². The van der Waals surface area contributed by atoms with Gasteiger partial charge in [-0.1, -0.05) is 42.5 Å². The lowest BCUT2D eigenvalue weighted by Gasteiger charge is -2.15.